The van der Waals surface area contributed by atoms with Gasteiger partial charge in [-0.05, 0) is 54.7 Å². The molecule has 1 aromatic heterocycles. The number of carbonyl (C=O) groups is 1. The Labute approximate surface area is 190 Å². The van der Waals surface area contributed by atoms with Gasteiger partial charge in [0.15, 0.2) is 0 Å². The van der Waals surface area contributed by atoms with Crippen molar-refractivity contribution in [2.75, 3.05) is 0 Å². The normalized spacial score (nSPS) is 15.2. The molecule has 5 rings (SSSR count). The molecule has 33 heavy (non-hydrogen) atoms. The van der Waals surface area contributed by atoms with Gasteiger partial charge in [-0.3, -0.25) is 9.78 Å². The Balaban J connectivity index is 1.42. The van der Waals surface area contributed by atoms with E-state index >= 15 is 0 Å². The second-order valence-corrected chi connectivity index (χ2v) is 8.12. The fourth-order valence-electron chi connectivity index (χ4n) is 4.42. The molecule has 1 heterocycles. The molecule has 1 aliphatic carbocycles. The maximum absolute atomic E-state index is 14.0. The molecule has 4 aromatic rings. The molecule has 0 fully saturated rings. The number of nitrogens with one attached hydrogen (secondary N) is 1. The van der Waals surface area contributed by atoms with Crippen LogP contribution in [0.15, 0.2) is 72.9 Å². The fourth-order valence-corrected chi connectivity index (χ4v) is 4.42. The van der Waals surface area contributed by atoms with Crippen LogP contribution in [-0.2, 0) is 13.0 Å². The van der Waals surface area contributed by atoms with E-state index in [1.165, 1.54) is 23.8 Å². The number of aryl methyl sites for hydroxylation is 1. The van der Waals surface area contributed by atoms with Crippen molar-refractivity contribution in [2.24, 2.45) is 0 Å². The molecule has 1 N–H and O–H groups in total. The maximum Gasteiger partial charge on any atom is 0.252 e. The van der Waals surface area contributed by atoms with Crippen LogP contribution in [0.25, 0.3) is 10.9 Å². The number of carbonyl (C=O) groups excluding carboxylic acids is 1. The number of fused-ring (bicyclic) bond motifs is 2. The van der Waals surface area contributed by atoms with Crippen LogP contribution in [0.3, 0.4) is 0 Å². The smallest absolute Gasteiger partial charge is 0.252 e. The molecule has 1 unspecified atom stereocenters. The van der Waals surface area contributed by atoms with E-state index < -0.39 is 11.6 Å². The molecule has 166 valence electrons. The maximum atomic E-state index is 14.0. The quantitative estimate of drug-likeness (QED) is 0.417. The van der Waals surface area contributed by atoms with Crippen molar-refractivity contribution in [1.82, 2.24) is 10.3 Å². The van der Waals surface area contributed by atoms with E-state index in [-0.39, 0.29) is 24.1 Å². The van der Waals surface area contributed by atoms with Crippen LogP contribution in [0.2, 0.25) is 0 Å². The van der Waals surface area contributed by atoms with Crippen molar-refractivity contribution in [3.63, 3.8) is 0 Å². The number of hydrogen-bond acceptors (Lipinski definition) is 3. The summed E-state index contributed by atoms with van der Waals surface area (Å²) in [5.74, 6) is -1.18. The van der Waals surface area contributed by atoms with Crippen molar-refractivity contribution >= 4 is 16.8 Å². The molecule has 0 radical (unpaired) electrons. The summed E-state index contributed by atoms with van der Waals surface area (Å²) < 4.78 is 33.7. The molecule has 3 aromatic carbocycles. The lowest BCUT2D eigenvalue weighted by Crippen LogP contribution is -2.31. The number of hydrogen-bond donors (Lipinski definition) is 1. The number of aromatic nitrogens is 1. The van der Waals surface area contributed by atoms with E-state index in [0.717, 1.165) is 24.8 Å². The molecule has 1 atom stereocenters. The third-order valence-electron chi connectivity index (χ3n) is 6.09. The topological polar surface area (TPSA) is 51.2 Å². The molecular weight excluding hydrogens is 422 g/mol. The van der Waals surface area contributed by atoms with Crippen LogP contribution in [0, 0.1) is 11.6 Å². The third-order valence-corrected chi connectivity index (χ3v) is 6.09. The van der Waals surface area contributed by atoms with E-state index in [4.69, 9.17) is 4.74 Å². The monoisotopic (exact) mass is 444 g/mol. The Morgan fingerprint density at radius 2 is 1.79 bits per heavy atom. The van der Waals surface area contributed by atoms with Gasteiger partial charge in [-0.25, -0.2) is 8.78 Å². The lowest BCUT2D eigenvalue weighted by Gasteiger charge is -2.26. The predicted octanol–water partition coefficient (Wildman–Crippen LogP) is 5.90. The van der Waals surface area contributed by atoms with Gasteiger partial charge in [-0.1, -0.05) is 42.5 Å². The number of pyridine rings is 1. The minimum absolute atomic E-state index is 0.0471. The summed E-state index contributed by atoms with van der Waals surface area (Å²) in [7, 11) is 0. The van der Waals surface area contributed by atoms with Crippen LogP contribution < -0.4 is 10.1 Å². The van der Waals surface area contributed by atoms with Crippen LogP contribution in [-0.4, -0.2) is 10.9 Å². The van der Waals surface area contributed by atoms with Gasteiger partial charge < -0.3 is 10.1 Å². The molecule has 0 spiro atoms. The minimum Gasteiger partial charge on any atom is -0.486 e. The fraction of sp³-hybridized carbons (Fsp3) is 0.185. The molecule has 0 saturated heterocycles. The SMILES string of the molecule is O=C(NC1CCCc2ccccc21)c1ccnc2c(OCc3c(F)cccc3F)cccc12. The molecule has 0 saturated carbocycles. The first-order chi connectivity index (χ1) is 16.1. The highest BCUT2D eigenvalue weighted by atomic mass is 19.1. The third kappa shape index (κ3) is 4.16. The van der Waals surface area contributed by atoms with Crippen LogP contribution in [0.5, 0.6) is 5.75 Å². The molecule has 1 aliphatic rings. The molecule has 1 amide bonds. The summed E-state index contributed by atoms with van der Waals surface area (Å²) in [6, 6.07) is 18.7. The number of rotatable bonds is 5. The highest BCUT2D eigenvalue weighted by molar-refractivity contribution is 6.07. The van der Waals surface area contributed by atoms with Crippen LogP contribution in [0.1, 0.15) is 45.9 Å². The second kappa shape index (κ2) is 8.98. The Kier molecular flexibility index (Phi) is 5.73. The van der Waals surface area contributed by atoms with Gasteiger partial charge >= 0.3 is 0 Å². The molecule has 0 aliphatic heterocycles. The summed E-state index contributed by atoms with van der Waals surface area (Å²) in [5.41, 5.74) is 3.21. The Bertz CT molecular complexity index is 1320. The highest BCUT2D eigenvalue weighted by Gasteiger charge is 2.23. The van der Waals surface area contributed by atoms with Crippen molar-refractivity contribution in [1.29, 1.82) is 0 Å². The summed E-state index contributed by atoms with van der Waals surface area (Å²) in [6.07, 6.45) is 4.46. The molecule has 6 heteroatoms. The zero-order valence-electron chi connectivity index (χ0n) is 17.9. The second-order valence-electron chi connectivity index (χ2n) is 8.12. The lowest BCUT2D eigenvalue weighted by atomic mass is 9.87. The standard InChI is InChI=1S/C27H22F2N2O2/c28-22-10-5-11-23(29)21(22)16-33-25-13-4-9-19-20(14-15-30-26(19)25)27(32)31-24-12-3-7-17-6-1-2-8-18(17)24/h1-2,4-6,8-11,13-15,24H,3,7,12,16H2,(H,31,32). The van der Waals surface area contributed by atoms with Gasteiger partial charge in [0, 0.05) is 11.6 Å². The van der Waals surface area contributed by atoms with Crippen molar-refractivity contribution < 1.29 is 18.3 Å². The molecule has 4 nitrogen and oxygen atoms in total. The largest absolute Gasteiger partial charge is 0.486 e. The zero-order chi connectivity index (χ0) is 22.8. The summed E-state index contributed by atoms with van der Waals surface area (Å²) >= 11 is 0. The van der Waals surface area contributed by atoms with Crippen molar-refractivity contribution in [2.45, 2.75) is 31.9 Å². The Morgan fingerprint density at radius 3 is 2.64 bits per heavy atom. The van der Waals surface area contributed by atoms with Gasteiger partial charge in [-0.2, -0.15) is 0 Å². The predicted molar refractivity (Wildman–Crippen MR) is 122 cm³/mol. The van der Waals surface area contributed by atoms with E-state index in [0.29, 0.717) is 22.2 Å². The summed E-state index contributed by atoms with van der Waals surface area (Å²) in [4.78, 5) is 17.6. The number of para-hydroxylation sites is 1. The van der Waals surface area contributed by atoms with Gasteiger partial charge in [-0.15, -0.1) is 0 Å². The van der Waals surface area contributed by atoms with E-state index in [2.05, 4.69) is 22.4 Å². The summed E-state index contributed by atoms with van der Waals surface area (Å²) in [5, 5.41) is 3.79. The minimum atomic E-state index is -0.670. The first-order valence-electron chi connectivity index (χ1n) is 10.9. The number of nitrogens with zero attached hydrogens (tertiary/aromatic N) is 1. The van der Waals surface area contributed by atoms with Gasteiger partial charge in [0.05, 0.1) is 17.2 Å². The molecular formula is C27H22F2N2O2. The van der Waals surface area contributed by atoms with Crippen molar-refractivity contribution in [3.8, 4) is 5.75 Å². The number of ether oxygens (including phenoxy) is 1. The Hall–Kier alpha value is -3.80. The van der Waals surface area contributed by atoms with E-state index in [1.807, 2.05) is 12.1 Å². The van der Waals surface area contributed by atoms with E-state index in [1.54, 1.807) is 30.5 Å². The first-order valence-corrected chi connectivity index (χ1v) is 10.9. The number of amides is 1. The first kappa shape index (κ1) is 21.1. The number of benzene rings is 3. The number of halogens is 2. The van der Waals surface area contributed by atoms with Gasteiger partial charge in [0.25, 0.3) is 5.91 Å². The summed E-state index contributed by atoms with van der Waals surface area (Å²) in [6.45, 7) is -0.283. The average Bonchev–Trinajstić information content (AvgIpc) is 2.83. The van der Waals surface area contributed by atoms with Crippen molar-refractivity contribution in [3.05, 3.63) is 107 Å². The van der Waals surface area contributed by atoms with Crippen LogP contribution in [0.4, 0.5) is 8.78 Å². The van der Waals surface area contributed by atoms with Gasteiger partial charge in [0.1, 0.15) is 29.5 Å². The highest BCUT2D eigenvalue weighted by Crippen LogP contribution is 2.31. The van der Waals surface area contributed by atoms with Crippen LogP contribution >= 0.6 is 0 Å². The van der Waals surface area contributed by atoms with Gasteiger partial charge in [0.2, 0.25) is 0 Å². The van der Waals surface area contributed by atoms with E-state index in [9.17, 15) is 13.6 Å². The Morgan fingerprint density at radius 1 is 1.00 bits per heavy atom. The lowest BCUT2D eigenvalue weighted by molar-refractivity contribution is 0.0934. The molecule has 0 bridgehead atoms. The average molecular weight is 444 g/mol. The zero-order valence-corrected chi connectivity index (χ0v) is 17.9.